The van der Waals surface area contributed by atoms with Crippen molar-refractivity contribution in [1.82, 2.24) is 53.2 Å². The number of nitrogens with one attached hydrogen (secondary N) is 10. The lowest BCUT2D eigenvalue weighted by Gasteiger charge is -2.28. The summed E-state index contributed by atoms with van der Waals surface area (Å²) in [5.41, 5.74) is 44.7. The fourth-order valence-electron chi connectivity index (χ4n) is 8.94. The molecule has 0 aliphatic rings. The number of hydrogen-bond donors (Lipinski definition) is 23. The Morgan fingerprint density at radius 2 is 0.825 bits per heavy atom. The lowest BCUT2D eigenvalue weighted by Crippen LogP contribution is -2.61. The van der Waals surface area contributed by atoms with Crippen LogP contribution in [0.15, 0.2) is 69.6 Å². The average Bonchev–Trinajstić information content (AvgIpc) is 0.969. The molecule has 0 saturated carbocycles. The van der Waals surface area contributed by atoms with Crippen LogP contribution in [-0.2, 0) is 75.2 Å². The van der Waals surface area contributed by atoms with E-state index in [0.29, 0.717) is 11.1 Å². The molecule has 0 spiro atoms. The number of aliphatic imine (C=N–C) groups is 3. The highest BCUT2D eigenvalue weighted by atomic mass is 32.1. The number of carboxylic acid groups (broad SMARTS) is 2. The van der Waals surface area contributed by atoms with Crippen LogP contribution in [0.25, 0.3) is 0 Å². The highest BCUT2D eigenvalue weighted by Crippen LogP contribution is 2.15. The van der Waals surface area contributed by atoms with Crippen molar-refractivity contribution in [2.75, 3.05) is 37.7 Å². The standard InChI is InChI=1S/C58H91N21O16S2/c1-29(2)21-37(51(90)77-40(25-45(83)84)53(92)76-38(22-31-14-16-32(80)17-15-31)52(91)72-36(13-8-20-69-58(65)66)50(89)78-41(55(94)95)23-30-9-4-3-5-10-30)75-49(88)35(12-7-19-68-57(63)64)73-54(93)42(28-97)79-48(87)34(11-6-18-67-56(61)62)71-44(82)26-70-47(86)39(24-43(60)81)74-46(85)33(59)27-96/h3-5,9-10,14-17,29,33-42,80,96-97H,6-8,11-13,18-28,59H2,1-2H3,(H2,60,81)(H,70,86)(H,71,82)(H,72,91)(H,73,93)(H,74,85)(H,75,88)(H,76,92)(H,77,90)(H,78,89)(H,79,87)(H,83,84)(H,94,95)(H4,61,62,67)(H4,63,64,68)(H4,65,66,69)/t33-,34-,35-,36-,37-,38-,39-,40-,41-,42-/m0/s1. The summed E-state index contributed by atoms with van der Waals surface area (Å²) < 4.78 is 0. The number of primary amides is 1. The van der Waals surface area contributed by atoms with Gasteiger partial charge in [0.2, 0.25) is 65.0 Å². The Kier molecular flexibility index (Phi) is 37.4. The van der Waals surface area contributed by atoms with Crippen LogP contribution in [0.4, 0.5) is 0 Å². The Balaban J connectivity index is 2.52. The van der Waals surface area contributed by atoms with E-state index in [9.17, 15) is 77.6 Å². The summed E-state index contributed by atoms with van der Waals surface area (Å²) in [4.78, 5) is 187. The monoisotopic (exact) mass is 1400 g/mol. The molecule has 0 saturated heterocycles. The third-order valence-corrected chi connectivity index (χ3v) is 14.6. The first kappa shape index (κ1) is 82.9. The molecule has 2 rings (SSSR count). The molecule has 0 fully saturated rings. The van der Waals surface area contributed by atoms with Crippen molar-refractivity contribution in [1.29, 1.82) is 0 Å². The number of nitrogens with two attached hydrogens (primary N) is 8. The second-order valence-electron chi connectivity index (χ2n) is 22.4. The molecule has 0 radical (unpaired) electrons. The minimum Gasteiger partial charge on any atom is -0.508 e. The molecular formula is C58H91N21O16S2. The van der Waals surface area contributed by atoms with Crippen molar-refractivity contribution in [3.63, 3.8) is 0 Å². The number of guanidine groups is 3. The van der Waals surface area contributed by atoms with Gasteiger partial charge in [-0.1, -0.05) is 56.3 Å². The molecule has 10 atom stereocenters. The van der Waals surface area contributed by atoms with Gasteiger partial charge < -0.3 is 114 Å². The summed E-state index contributed by atoms with van der Waals surface area (Å²) in [6, 6.07) is -1.87. The van der Waals surface area contributed by atoms with Crippen LogP contribution >= 0.6 is 25.3 Å². The zero-order valence-electron chi connectivity index (χ0n) is 53.6. The number of benzene rings is 2. The molecule has 536 valence electrons. The number of carbonyl (C=O) groups is 13. The summed E-state index contributed by atoms with van der Waals surface area (Å²) in [6.07, 6.45) is -2.95. The number of aliphatic carboxylic acids is 2. The number of phenols is 1. The number of aromatic hydroxyl groups is 1. The van der Waals surface area contributed by atoms with Gasteiger partial charge in [-0.25, -0.2) is 4.79 Å². The van der Waals surface area contributed by atoms with E-state index in [4.69, 9.17) is 45.9 Å². The average molecular weight is 1400 g/mol. The van der Waals surface area contributed by atoms with Crippen LogP contribution in [0.2, 0.25) is 0 Å². The fraction of sp³-hybridized carbons (Fsp3) is 0.517. The molecule has 29 N–H and O–H groups in total. The zero-order valence-corrected chi connectivity index (χ0v) is 55.4. The third kappa shape index (κ3) is 33.7. The van der Waals surface area contributed by atoms with Crippen molar-refractivity contribution in [2.45, 2.75) is 145 Å². The molecule has 39 heteroatoms. The summed E-state index contributed by atoms with van der Waals surface area (Å²) in [5.74, 6) is -16.3. The zero-order chi connectivity index (χ0) is 72.9. The maximum atomic E-state index is 14.5. The predicted molar refractivity (Wildman–Crippen MR) is 361 cm³/mol. The van der Waals surface area contributed by atoms with Gasteiger partial charge in [0.05, 0.1) is 25.4 Å². The van der Waals surface area contributed by atoms with Gasteiger partial charge in [-0.15, -0.1) is 0 Å². The maximum absolute atomic E-state index is 14.5. The van der Waals surface area contributed by atoms with Crippen LogP contribution < -0.4 is 99.0 Å². The normalized spacial score (nSPS) is 13.9. The van der Waals surface area contributed by atoms with Crippen LogP contribution in [0, 0.1) is 5.92 Å². The first-order valence-electron chi connectivity index (χ1n) is 30.4. The second-order valence-corrected chi connectivity index (χ2v) is 23.2. The molecule has 11 amide bonds. The molecule has 0 aliphatic heterocycles. The second kappa shape index (κ2) is 43.7. The van der Waals surface area contributed by atoms with Crippen LogP contribution in [0.1, 0.15) is 82.8 Å². The number of thiol groups is 2. The third-order valence-electron chi connectivity index (χ3n) is 13.8. The Labute approximate surface area is 569 Å². The lowest BCUT2D eigenvalue weighted by molar-refractivity contribution is -0.142. The fourth-order valence-corrected chi connectivity index (χ4v) is 9.36. The minimum absolute atomic E-state index is 0.00867. The quantitative estimate of drug-likeness (QED) is 0.0127. The van der Waals surface area contributed by atoms with Gasteiger partial charge in [0.1, 0.15) is 60.1 Å². The maximum Gasteiger partial charge on any atom is 0.326 e. The minimum atomic E-state index is -1.99. The summed E-state index contributed by atoms with van der Waals surface area (Å²) in [5, 5.41) is 54.4. The molecule has 0 aliphatic carbocycles. The first-order valence-corrected chi connectivity index (χ1v) is 31.7. The number of phenolic OH excluding ortho intramolecular Hbond substituents is 1. The number of carbonyl (C=O) groups excluding carboxylic acids is 11. The molecule has 97 heavy (non-hydrogen) atoms. The number of nitrogens with zero attached hydrogens (tertiary/aromatic N) is 3. The van der Waals surface area contributed by atoms with E-state index in [1.807, 2.05) is 0 Å². The van der Waals surface area contributed by atoms with Crippen molar-refractivity contribution in [3.05, 3.63) is 65.7 Å². The van der Waals surface area contributed by atoms with E-state index in [0.717, 1.165) is 0 Å². The van der Waals surface area contributed by atoms with Crippen molar-refractivity contribution < 1.29 is 77.6 Å². The molecule has 2 aromatic carbocycles. The van der Waals surface area contributed by atoms with Gasteiger partial charge in [-0.3, -0.25) is 72.5 Å². The van der Waals surface area contributed by atoms with Gasteiger partial charge in [0.25, 0.3) is 0 Å². The lowest BCUT2D eigenvalue weighted by atomic mass is 10.0. The van der Waals surface area contributed by atoms with E-state index in [1.165, 1.54) is 24.3 Å². The summed E-state index contributed by atoms with van der Waals surface area (Å²) in [6.45, 7) is 2.35. The first-order chi connectivity index (χ1) is 45.7. The summed E-state index contributed by atoms with van der Waals surface area (Å²) >= 11 is 8.18. The largest absolute Gasteiger partial charge is 0.508 e. The van der Waals surface area contributed by atoms with Gasteiger partial charge in [0.15, 0.2) is 17.9 Å². The SMILES string of the molecule is CC(C)C[C@H](NC(=O)[C@H](CCCN=C(N)N)NC(=O)[C@H](CS)NC(=O)[C@H](CCCN=C(N)N)NC(=O)CNC(=O)[C@H](CC(N)=O)NC(=O)[C@@H](N)CS)C(=O)N[C@@H](CC(=O)O)C(=O)N[C@@H](Cc1ccc(O)cc1)C(=O)N[C@@H](CCCN=C(N)N)C(=O)N[C@@H](Cc1ccccc1)C(=O)O. The van der Waals surface area contributed by atoms with Crippen molar-refractivity contribution in [3.8, 4) is 5.75 Å². The van der Waals surface area contributed by atoms with Gasteiger partial charge >= 0.3 is 11.9 Å². The summed E-state index contributed by atoms with van der Waals surface area (Å²) in [7, 11) is 0. The number of amides is 11. The Morgan fingerprint density at radius 3 is 1.28 bits per heavy atom. The van der Waals surface area contributed by atoms with Crippen LogP contribution in [0.3, 0.4) is 0 Å². The van der Waals surface area contributed by atoms with E-state index >= 15 is 0 Å². The molecule has 0 aromatic heterocycles. The van der Waals surface area contributed by atoms with Gasteiger partial charge in [0, 0.05) is 44.0 Å². The number of carboxylic acids is 2. The molecular weight excluding hydrogens is 1310 g/mol. The van der Waals surface area contributed by atoms with Crippen molar-refractivity contribution >= 4 is 120 Å². The Hall–Kier alpha value is -10.2. The highest BCUT2D eigenvalue weighted by Gasteiger charge is 2.36. The molecule has 0 bridgehead atoms. The van der Waals surface area contributed by atoms with E-state index in [-0.39, 0.29) is 107 Å². The van der Waals surface area contributed by atoms with E-state index < -0.39 is 168 Å². The highest BCUT2D eigenvalue weighted by molar-refractivity contribution is 7.80. The van der Waals surface area contributed by atoms with Crippen molar-refractivity contribution in [2.24, 2.45) is 66.8 Å². The molecule has 0 unspecified atom stereocenters. The van der Waals surface area contributed by atoms with Gasteiger partial charge in [-0.2, -0.15) is 25.3 Å². The van der Waals surface area contributed by atoms with Crippen LogP contribution in [0.5, 0.6) is 5.75 Å². The van der Waals surface area contributed by atoms with E-state index in [2.05, 4.69) is 93.4 Å². The molecule has 2 aromatic rings. The predicted octanol–water partition coefficient (Wildman–Crippen LogP) is -7.51. The number of rotatable bonds is 45. The smallest absolute Gasteiger partial charge is 0.326 e. The van der Waals surface area contributed by atoms with E-state index in [1.54, 1.807) is 44.2 Å². The Bertz CT molecular complexity index is 3100. The topological polar surface area (TPSA) is 648 Å². The van der Waals surface area contributed by atoms with Gasteiger partial charge in [-0.05, 0) is 74.1 Å². The molecule has 37 nitrogen and oxygen atoms in total. The number of hydrogen-bond acceptors (Lipinski definition) is 20. The molecule has 0 heterocycles. The van der Waals surface area contributed by atoms with Crippen LogP contribution in [-0.4, -0.2) is 208 Å². The Morgan fingerprint density at radius 1 is 0.443 bits per heavy atom.